The van der Waals surface area contributed by atoms with Crippen LogP contribution in [0.3, 0.4) is 0 Å². The third-order valence-electron chi connectivity index (χ3n) is 8.07. The Morgan fingerprint density at radius 2 is 1.94 bits per heavy atom. The maximum Gasteiger partial charge on any atom is 0.146 e. The third kappa shape index (κ3) is 3.84. The summed E-state index contributed by atoms with van der Waals surface area (Å²) in [6.07, 6.45) is 1.58. The standard InChI is InChI=1S/C26H36N6OS/c1-16-9-18(19-12-32(13-19)21-11-27-14-26(21,3)4)10-20-23(16)33-17(2)22-24(30-20)28-15-29-25(22)31-5-7-34-8-6-31/h9-10,15,17,19,21,27H,5-8,11-14H2,1-4H3,(H,28,29,30). The van der Waals surface area contributed by atoms with Crippen LogP contribution in [0.5, 0.6) is 5.75 Å². The molecular weight excluding hydrogens is 444 g/mol. The van der Waals surface area contributed by atoms with Gasteiger partial charge in [0.1, 0.15) is 29.8 Å². The van der Waals surface area contributed by atoms with Crippen LogP contribution in [0.1, 0.15) is 49.5 Å². The lowest BCUT2D eigenvalue weighted by molar-refractivity contribution is 0.0498. The van der Waals surface area contributed by atoms with Crippen LogP contribution in [-0.2, 0) is 0 Å². The molecule has 2 unspecified atom stereocenters. The number of hydrogen-bond donors (Lipinski definition) is 2. The largest absolute Gasteiger partial charge is 0.483 e. The van der Waals surface area contributed by atoms with Crippen molar-refractivity contribution in [2.24, 2.45) is 5.41 Å². The second kappa shape index (κ2) is 8.57. The molecule has 2 aromatic rings. The summed E-state index contributed by atoms with van der Waals surface area (Å²) in [5, 5.41) is 7.23. The first-order valence-corrected chi connectivity index (χ1v) is 13.8. The van der Waals surface area contributed by atoms with Crippen LogP contribution in [0.15, 0.2) is 18.5 Å². The number of nitrogens with zero attached hydrogens (tertiary/aromatic N) is 4. The first kappa shape index (κ1) is 22.4. The van der Waals surface area contributed by atoms with Gasteiger partial charge in [0.25, 0.3) is 0 Å². The van der Waals surface area contributed by atoms with Gasteiger partial charge in [-0.25, -0.2) is 9.97 Å². The molecule has 3 saturated heterocycles. The maximum absolute atomic E-state index is 6.57. The Bertz CT molecular complexity index is 1080. The molecule has 0 bridgehead atoms. The number of fused-ring (bicyclic) bond motifs is 2. The highest BCUT2D eigenvalue weighted by atomic mass is 32.2. The van der Waals surface area contributed by atoms with Gasteiger partial charge in [-0.15, -0.1) is 0 Å². The zero-order valence-corrected chi connectivity index (χ0v) is 21.5. The Balaban J connectivity index is 1.27. The Morgan fingerprint density at radius 1 is 1.15 bits per heavy atom. The van der Waals surface area contributed by atoms with Crippen molar-refractivity contribution in [3.8, 4) is 5.75 Å². The Labute approximate surface area is 207 Å². The smallest absolute Gasteiger partial charge is 0.146 e. The van der Waals surface area contributed by atoms with Crippen molar-refractivity contribution < 1.29 is 4.74 Å². The molecule has 2 N–H and O–H groups in total. The minimum Gasteiger partial charge on any atom is -0.483 e. The highest BCUT2D eigenvalue weighted by molar-refractivity contribution is 7.99. The lowest BCUT2D eigenvalue weighted by Gasteiger charge is -2.47. The number of anilines is 3. The number of nitrogens with one attached hydrogen (secondary N) is 2. The molecule has 182 valence electrons. The van der Waals surface area contributed by atoms with Gasteiger partial charge in [-0.05, 0) is 36.5 Å². The lowest BCUT2D eigenvalue weighted by atomic mass is 9.81. The predicted molar refractivity (Wildman–Crippen MR) is 140 cm³/mol. The van der Waals surface area contributed by atoms with E-state index < -0.39 is 0 Å². The summed E-state index contributed by atoms with van der Waals surface area (Å²) < 4.78 is 6.57. The van der Waals surface area contributed by atoms with Crippen LogP contribution in [-0.4, -0.2) is 71.7 Å². The molecule has 0 radical (unpaired) electrons. The van der Waals surface area contributed by atoms with E-state index in [4.69, 9.17) is 9.72 Å². The summed E-state index contributed by atoms with van der Waals surface area (Å²) in [5.41, 5.74) is 5.02. The Hall–Kier alpha value is -2.03. The predicted octanol–water partition coefficient (Wildman–Crippen LogP) is 3.93. The fourth-order valence-corrected chi connectivity index (χ4v) is 6.97. The number of aromatic nitrogens is 2. The third-order valence-corrected chi connectivity index (χ3v) is 9.01. The summed E-state index contributed by atoms with van der Waals surface area (Å²) in [4.78, 5) is 14.4. The zero-order chi connectivity index (χ0) is 23.4. The number of rotatable bonds is 3. The van der Waals surface area contributed by atoms with Gasteiger partial charge in [0.05, 0.1) is 11.3 Å². The van der Waals surface area contributed by atoms with E-state index in [-0.39, 0.29) is 6.10 Å². The van der Waals surface area contributed by atoms with Crippen molar-refractivity contribution in [1.29, 1.82) is 0 Å². The molecule has 5 heterocycles. The molecule has 0 saturated carbocycles. The van der Waals surface area contributed by atoms with Gasteiger partial charge in [0.15, 0.2) is 0 Å². The van der Waals surface area contributed by atoms with Crippen LogP contribution >= 0.6 is 11.8 Å². The fraction of sp³-hybridized carbons (Fsp3) is 0.615. The van der Waals surface area contributed by atoms with E-state index in [1.807, 2.05) is 11.8 Å². The second-order valence-electron chi connectivity index (χ2n) is 10.9. The summed E-state index contributed by atoms with van der Waals surface area (Å²) in [5.74, 6) is 5.66. The molecule has 8 heteroatoms. The van der Waals surface area contributed by atoms with Crippen molar-refractivity contribution >= 4 is 29.1 Å². The fourth-order valence-electron chi connectivity index (χ4n) is 6.06. The van der Waals surface area contributed by atoms with Crippen LogP contribution < -0.4 is 20.3 Å². The molecule has 6 rings (SSSR count). The number of aryl methyl sites for hydroxylation is 1. The highest BCUT2D eigenvalue weighted by Gasteiger charge is 2.43. The quantitative estimate of drug-likeness (QED) is 0.685. The van der Waals surface area contributed by atoms with Crippen molar-refractivity contribution in [3.63, 3.8) is 0 Å². The van der Waals surface area contributed by atoms with E-state index in [1.165, 1.54) is 11.1 Å². The lowest BCUT2D eigenvalue weighted by Crippen LogP contribution is -2.55. The number of hydrogen-bond acceptors (Lipinski definition) is 8. The summed E-state index contributed by atoms with van der Waals surface area (Å²) >= 11 is 2.01. The number of ether oxygens (including phenoxy) is 1. The Kier molecular flexibility index (Phi) is 5.66. The average molecular weight is 481 g/mol. The van der Waals surface area contributed by atoms with Crippen LogP contribution in [0, 0.1) is 12.3 Å². The van der Waals surface area contributed by atoms with Crippen molar-refractivity contribution in [2.75, 3.05) is 61.0 Å². The first-order chi connectivity index (χ1) is 16.4. The molecule has 7 nitrogen and oxygen atoms in total. The number of likely N-dealkylation sites (tertiary alicyclic amines) is 1. The van der Waals surface area contributed by atoms with Crippen molar-refractivity contribution in [1.82, 2.24) is 20.2 Å². The minimum atomic E-state index is -0.115. The minimum absolute atomic E-state index is 0.115. The van der Waals surface area contributed by atoms with E-state index in [1.54, 1.807) is 6.33 Å². The van der Waals surface area contributed by atoms with E-state index in [0.717, 1.165) is 79.4 Å². The van der Waals surface area contributed by atoms with Crippen LogP contribution in [0.25, 0.3) is 0 Å². The monoisotopic (exact) mass is 480 g/mol. The van der Waals surface area contributed by atoms with Gasteiger partial charge in [-0.1, -0.05) is 19.9 Å². The normalized spacial score (nSPS) is 26.6. The molecule has 0 aliphatic carbocycles. The Morgan fingerprint density at radius 3 is 2.68 bits per heavy atom. The zero-order valence-electron chi connectivity index (χ0n) is 20.7. The molecule has 2 atom stereocenters. The summed E-state index contributed by atoms with van der Waals surface area (Å²) in [7, 11) is 0. The first-order valence-electron chi connectivity index (χ1n) is 12.6. The molecule has 1 aromatic heterocycles. The number of benzene rings is 1. The SMILES string of the molecule is Cc1cc(C2CN(C3CNCC3(C)C)C2)cc2c1OC(C)c1c(ncnc1N1CCSCC1)N2. The van der Waals surface area contributed by atoms with E-state index in [2.05, 4.69) is 65.2 Å². The van der Waals surface area contributed by atoms with Gasteiger partial charge in [-0.3, -0.25) is 4.90 Å². The van der Waals surface area contributed by atoms with Crippen LogP contribution in [0.4, 0.5) is 17.3 Å². The van der Waals surface area contributed by atoms with E-state index in [0.29, 0.717) is 17.4 Å². The second-order valence-corrected chi connectivity index (χ2v) is 12.2. The van der Waals surface area contributed by atoms with E-state index in [9.17, 15) is 0 Å². The topological polar surface area (TPSA) is 65.5 Å². The summed E-state index contributed by atoms with van der Waals surface area (Å²) in [6.45, 7) is 15.6. The average Bonchev–Trinajstić information content (AvgIpc) is 3.05. The van der Waals surface area contributed by atoms with Crippen LogP contribution in [0.2, 0.25) is 0 Å². The molecular formula is C26H36N6OS. The molecule has 4 aliphatic rings. The highest BCUT2D eigenvalue weighted by Crippen LogP contribution is 2.45. The van der Waals surface area contributed by atoms with Gasteiger partial charge >= 0.3 is 0 Å². The number of thioether (sulfide) groups is 1. The molecule has 0 amide bonds. The van der Waals surface area contributed by atoms with Crippen molar-refractivity contribution in [3.05, 3.63) is 35.2 Å². The molecule has 34 heavy (non-hydrogen) atoms. The maximum atomic E-state index is 6.57. The van der Waals surface area contributed by atoms with Gasteiger partial charge in [0.2, 0.25) is 0 Å². The summed E-state index contributed by atoms with van der Waals surface area (Å²) in [6, 6.07) is 5.25. The van der Waals surface area contributed by atoms with Gasteiger partial charge in [-0.2, -0.15) is 11.8 Å². The molecule has 1 aromatic carbocycles. The van der Waals surface area contributed by atoms with E-state index >= 15 is 0 Å². The molecule has 0 spiro atoms. The molecule has 3 fully saturated rings. The molecule has 4 aliphatic heterocycles. The van der Waals surface area contributed by atoms with Gasteiger partial charge in [0, 0.05) is 62.7 Å². The van der Waals surface area contributed by atoms with Gasteiger partial charge < -0.3 is 20.3 Å². The van der Waals surface area contributed by atoms with Crippen molar-refractivity contribution in [2.45, 2.75) is 45.8 Å².